The summed E-state index contributed by atoms with van der Waals surface area (Å²) in [6, 6.07) is 7.94. The van der Waals surface area contributed by atoms with E-state index in [-0.39, 0.29) is 0 Å². The molecule has 0 amide bonds. The molecule has 1 fully saturated rings. The van der Waals surface area contributed by atoms with Gasteiger partial charge >= 0.3 is 0 Å². The molecule has 18 heavy (non-hydrogen) atoms. The standard InChI is InChI=1S/C15H19ClN2/c1-2-4-12-7-9-18(10-8-12)15-6-3-5-14(16)13(15)11-17/h3,5-6,12H,2,4,7-10H2,1H3. The molecule has 1 aromatic carbocycles. The lowest BCUT2D eigenvalue weighted by atomic mass is 9.92. The van der Waals surface area contributed by atoms with Gasteiger partial charge < -0.3 is 4.90 Å². The molecule has 0 bridgehead atoms. The molecule has 96 valence electrons. The molecule has 1 heterocycles. The number of hydrogen-bond acceptors (Lipinski definition) is 2. The Hall–Kier alpha value is -1.20. The molecule has 0 saturated carbocycles. The summed E-state index contributed by atoms with van der Waals surface area (Å²) in [6.07, 6.45) is 5.05. The van der Waals surface area contributed by atoms with Gasteiger partial charge in [0.15, 0.2) is 0 Å². The maximum atomic E-state index is 9.21. The summed E-state index contributed by atoms with van der Waals surface area (Å²) >= 11 is 6.08. The Bertz CT molecular complexity index is 442. The van der Waals surface area contributed by atoms with Crippen LogP contribution in [-0.2, 0) is 0 Å². The van der Waals surface area contributed by atoms with Crippen molar-refractivity contribution in [1.29, 1.82) is 5.26 Å². The molecule has 0 unspecified atom stereocenters. The number of anilines is 1. The highest BCUT2D eigenvalue weighted by Crippen LogP contribution is 2.31. The number of piperidine rings is 1. The third kappa shape index (κ3) is 2.79. The van der Waals surface area contributed by atoms with Gasteiger partial charge in [-0.2, -0.15) is 5.26 Å². The largest absolute Gasteiger partial charge is 0.370 e. The molecule has 2 rings (SSSR count). The van der Waals surface area contributed by atoms with Gasteiger partial charge in [0.2, 0.25) is 0 Å². The Balaban J connectivity index is 2.10. The Labute approximate surface area is 114 Å². The lowest BCUT2D eigenvalue weighted by molar-refractivity contribution is 0.378. The highest BCUT2D eigenvalue weighted by Gasteiger charge is 2.21. The van der Waals surface area contributed by atoms with Crippen LogP contribution >= 0.6 is 11.6 Å². The molecule has 1 aliphatic heterocycles. The molecule has 0 aliphatic carbocycles. The van der Waals surface area contributed by atoms with Crippen LogP contribution < -0.4 is 4.90 Å². The quantitative estimate of drug-likeness (QED) is 0.815. The third-order valence-corrected chi connectivity index (χ3v) is 4.07. The van der Waals surface area contributed by atoms with Gasteiger partial charge in [0.1, 0.15) is 6.07 Å². The summed E-state index contributed by atoms with van der Waals surface area (Å²) in [7, 11) is 0. The second-order valence-corrected chi connectivity index (χ2v) is 5.37. The first kappa shape index (κ1) is 13.2. The van der Waals surface area contributed by atoms with Gasteiger partial charge in [0, 0.05) is 13.1 Å². The van der Waals surface area contributed by atoms with Crippen LogP contribution in [0, 0.1) is 17.2 Å². The SMILES string of the molecule is CCCC1CCN(c2cccc(Cl)c2C#N)CC1. The maximum Gasteiger partial charge on any atom is 0.103 e. The second kappa shape index (κ2) is 6.11. The summed E-state index contributed by atoms with van der Waals surface area (Å²) in [5.41, 5.74) is 1.62. The van der Waals surface area contributed by atoms with E-state index in [0.29, 0.717) is 10.6 Å². The van der Waals surface area contributed by atoms with Crippen molar-refractivity contribution < 1.29 is 0 Å². The monoisotopic (exact) mass is 262 g/mol. The van der Waals surface area contributed by atoms with Gasteiger partial charge in [-0.25, -0.2) is 0 Å². The fourth-order valence-corrected chi connectivity index (χ4v) is 2.97. The van der Waals surface area contributed by atoms with Crippen LogP contribution in [0.2, 0.25) is 5.02 Å². The van der Waals surface area contributed by atoms with Crippen LogP contribution in [0.1, 0.15) is 38.2 Å². The van der Waals surface area contributed by atoms with Crippen molar-refractivity contribution in [3.63, 3.8) is 0 Å². The van der Waals surface area contributed by atoms with E-state index in [1.54, 1.807) is 6.07 Å². The molecule has 2 nitrogen and oxygen atoms in total. The second-order valence-electron chi connectivity index (χ2n) is 4.96. The average molecular weight is 263 g/mol. The van der Waals surface area contributed by atoms with Gasteiger partial charge in [-0.15, -0.1) is 0 Å². The summed E-state index contributed by atoms with van der Waals surface area (Å²) in [4.78, 5) is 2.30. The van der Waals surface area contributed by atoms with E-state index in [2.05, 4.69) is 17.9 Å². The number of nitrogens with zero attached hydrogens (tertiary/aromatic N) is 2. The van der Waals surface area contributed by atoms with E-state index in [4.69, 9.17) is 11.6 Å². The fraction of sp³-hybridized carbons (Fsp3) is 0.533. The number of halogens is 1. The minimum Gasteiger partial charge on any atom is -0.370 e. The van der Waals surface area contributed by atoms with Gasteiger partial charge in [-0.1, -0.05) is 37.4 Å². The fourth-order valence-electron chi connectivity index (χ4n) is 2.76. The van der Waals surface area contributed by atoms with E-state index in [0.717, 1.165) is 24.7 Å². The first-order valence-corrected chi connectivity index (χ1v) is 7.07. The van der Waals surface area contributed by atoms with Crippen molar-refractivity contribution in [2.45, 2.75) is 32.6 Å². The van der Waals surface area contributed by atoms with Crippen molar-refractivity contribution in [2.24, 2.45) is 5.92 Å². The minimum atomic E-state index is 0.561. The normalized spacial score (nSPS) is 16.6. The average Bonchev–Trinajstić information content (AvgIpc) is 2.40. The highest BCUT2D eigenvalue weighted by molar-refractivity contribution is 6.32. The molecular formula is C15H19ClN2. The Morgan fingerprint density at radius 2 is 2.11 bits per heavy atom. The van der Waals surface area contributed by atoms with E-state index >= 15 is 0 Å². The topological polar surface area (TPSA) is 27.0 Å². The molecule has 0 N–H and O–H groups in total. The first-order valence-electron chi connectivity index (χ1n) is 6.69. The van der Waals surface area contributed by atoms with E-state index < -0.39 is 0 Å². The van der Waals surface area contributed by atoms with Gasteiger partial charge in [0.05, 0.1) is 16.3 Å². The van der Waals surface area contributed by atoms with E-state index in [1.165, 1.54) is 25.7 Å². The molecule has 0 spiro atoms. The minimum absolute atomic E-state index is 0.561. The molecule has 3 heteroatoms. The summed E-state index contributed by atoms with van der Waals surface area (Å²) < 4.78 is 0. The third-order valence-electron chi connectivity index (χ3n) is 3.76. The van der Waals surface area contributed by atoms with E-state index in [1.807, 2.05) is 12.1 Å². The zero-order valence-corrected chi connectivity index (χ0v) is 11.6. The summed E-state index contributed by atoms with van der Waals surface area (Å²) in [5.74, 6) is 0.857. The highest BCUT2D eigenvalue weighted by atomic mass is 35.5. The predicted molar refractivity (Wildman–Crippen MR) is 76.0 cm³/mol. The molecule has 0 aromatic heterocycles. The Morgan fingerprint density at radius 3 is 2.72 bits per heavy atom. The number of rotatable bonds is 3. The molecular weight excluding hydrogens is 244 g/mol. The lowest BCUT2D eigenvalue weighted by Gasteiger charge is -2.34. The van der Waals surface area contributed by atoms with Gasteiger partial charge in [-0.3, -0.25) is 0 Å². The predicted octanol–water partition coefficient (Wildman–Crippen LogP) is 4.23. The Kier molecular flexibility index (Phi) is 4.49. The van der Waals surface area contributed by atoms with Crippen molar-refractivity contribution in [3.05, 3.63) is 28.8 Å². The van der Waals surface area contributed by atoms with Crippen molar-refractivity contribution in [2.75, 3.05) is 18.0 Å². The van der Waals surface area contributed by atoms with Crippen LogP contribution in [0.15, 0.2) is 18.2 Å². The van der Waals surface area contributed by atoms with Crippen molar-refractivity contribution in [3.8, 4) is 6.07 Å². The van der Waals surface area contributed by atoms with Crippen LogP contribution in [0.3, 0.4) is 0 Å². The summed E-state index contributed by atoms with van der Waals surface area (Å²) in [6.45, 7) is 4.33. The van der Waals surface area contributed by atoms with Crippen LogP contribution in [0.4, 0.5) is 5.69 Å². The number of nitriles is 1. The first-order chi connectivity index (χ1) is 8.76. The lowest BCUT2D eigenvalue weighted by Crippen LogP contribution is -2.34. The number of benzene rings is 1. The van der Waals surface area contributed by atoms with E-state index in [9.17, 15) is 5.26 Å². The molecule has 0 radical (unpaired) electrons. The Morgan fingerprint density at radius 1 is 1.39 bits per heavy atom. The van der Waals surface area contributed by atoms with Crippen LogP contribution in [-0.4, -0.2) is 13.1 Å². The van der Waals surface area contributed by atoms with Gasteiger partial charge in [0.25, 0.3) is 0 Å². The smallest absolute Gasteiger partial charge is 0.103 e. The van der Waals surface area contributed by atoms with Crippen LogP contribution in [0.25, 0.3) is 0 Å². The summed E-state index contributed by atoms with van der Waals surface area (Å²) in [5, 5.41) is 9.77. The molecule has 0 atom stereocenters. The zero-order valence-electron chi connectivity index (χ0n) is 10.8. The molecule has 1 saturated heterocycles. The number of hydrogen-bond donors (Lipinski definition) is 0. The van der Waals surface area contributed by atoms with Gasteiger partial charge in [-0.05, 0) is 30.9 Å². The van der Waals surface area contributed by atoms with Crippen LogP contribution in [0.5, 0.6) is 0 Å². The molecule has 1 aliphatic rings. The van der Waals surface area contributed by atoms with Crippen molar-refractivity contribution >= 4 is 17.3 Å². The maximum absolute atomic E-state index is 9.21. The van der Waals surface area contributed by atoms with Crippen molar-refractivity contribution in [1.82, 2.24) is 0 Å². The molecule has 1 aromatic rings. The zero-order chi connectivity index (χ0) is 13.0.